The lowest BCUT2D eigenvalue weighted by Gasteiger charge is -2.02. The second-order valence-corrected chi connectivity index (χ2v) is 3.72. The van der Waals surface area contributed by atoms with Crippen LogP contribution in [0.4, 0.5) is 0 Å². The van der Waals surface area contributed by atoms with E-state index in [1.54, 1.807) is 0 Å². The molecule has 0 unspecified atom stereocenters. The molecule has 0 aliphatic rings. The Hall–Kier alpha value is -1.96. The number of hydrogen-bond acceptors (Lipinski definition) is 0. The molecule has 0 radical (unpaired) electrons. The Labute approximate surface area is 88.2 Å². The molecule has 0 saturated heterocycles. The van der Waals surface area contributed by atoms with Crippen molar-refractivity contribution in [3.63, 3.8) is 0 Å². The Morgan fingerprint density at radius 1 is 1.07 bits per heavy atom. The molecule has 1 N–H and O–H groups in total. The minimum atomic E-state index is 0.928. The molecule has 1 aromatic carbocycles. The quantitative estimate of drug-likeness (QED) is 0.650. The van der Waals surface area contributed by atoms with Crippen LogP contribution in [0, 0.1) is 0 Å². The summed E-state index contributed by atoms with van der Waals surface area (Å²) in [7, 11) is 0. The third-order valence-corrected chi connectivity index (χ3v) is 2.70. The fourth-order valence-electron chi connectivity index (χ4n) is 1.93. The molecule has 2 nitrogen and oxygen atoms in total. The molecule has 0 amide bonds. The molecule has 2 aromatic heterocycles. The van der Waals surface area contributed by atoms with E-state index in [9.17, 15) is 0 Å². The fourth-order valence-corrected chi connectivity index (χ4v) is 1.93. The lowest BCUT2D eigenvalue weighted by atomic mass is 10.2. The smallest absolute Gasteiger partial charge is 0.0491 e. The maximum Gasteiger partial charge on any atom is 0.0491 e. The first-order valence-electron chi connectivity index (χ1n) is 5.09. The molecular weight excluding hydrogens is 184 g/mol. The monoisotopic (exact) mass is 196 g/mol. The Bertz CT molecular complexity index is 561. The molecular formula is C13H12N2. The first-order valence-corrected chi connectivity index (χ1v) is 5.09. The van der Waals surface area contributed by atoms with Crippen LogP contribution in [0.15, 0.2) is 55.0 Å². The number of fused-ring (bicyclic) bond motifs is 1. The van der Waals surface area contributed by atoms with Gasteiger partial charge in [0.15, 0.2) is 0 Å². The van der Waals surface area contributed by atoms with Crippen LogP contribution >= 0.6 is 0 Å². The molecule has 0 spiro atoms. The lowest BCUT2D eigenvalue weighted by molar-refractivity contribution is 0.838. The Kier molecular flexibility index (Phi) is 1.85. The average molecular weight is 196 g/mol. The molecule has 0 aliphatic heterocycles. The summed E-state index contributed by atoms with van der Waals surface area (Å²) in [5.74, 6) is 0. The van der Waals surface area contributed by atoms with E-state index in [0.29, 0.717) is 0 Å². The van der Waals surface area contributed by atoms with Crippen molar-refractivity contribution in [3.8, 4) is 0 Å². The molecule has 0 bridgehead atoms. The third kappa shape index (κ3) is 1.44. The minimum Gasteiger partial charge on any atom is -0.367 e. The molecule has 74 valence electrons. The molecule has 0 saturated carbocycles. The van der Waals surface area contributed by atoms with Crippen molar-refractivity contribution in [3.05, 3.63) is 60.6 Å². The van der Waals surface area contributed by atoms with Crippen LogP contribution < -0.4 is 0 Å². The zero-order valence-corrected chi connectivity index (χ0v) is 8.35. The lowest BCUT2D eigenvalue weighted by Crippen LogP contribution is -1.95. The summed E-state index contributed by atoms with van der Waals surface area (Å²) < 4.78 is 2.26. The Morgan fingerprint density at radius 2 is 2.00 bits per heavy atom. The highest BCUT2D eigenvalue weighted by atomic mass is 15.0. The SMILES string of the molecule is c1ccc2c(c1)ccn2Cc1cc[nH]c1. The van der Waals surface area contributed by atoms with Crippen LogP contribution in [0.5, 0.6) is 0 Å². The van der Waals surface area contributed by atoms with Gasteiger partial charge in [-0.25, -0.2) is 0 Å². The summed E-state index contributed by atoms with van der Waals surface area (Å²) >= 11 is 0. The maximum absolute atomic E-state index is 3.08. The topological polar surface area (TPSA) is 20.7 Å². The van der Waals surface area contributed by atoms with Gasteiger partial charge in [-0.05, 0) is 29.1 Å². The number of aromatic nitrogens is 2. The summed E-state index contributed by atoms with van der Waals surface area (Å²) in [6.45, 7) is 0.928. The second-order valence-electron chi connectivity index (χ2n) is 3.72. The number of benzene rings is 1. The van der Waals surface area contributed by atoms with Crippen LogP contribution in [0.25, 0.3) is 10.9 Å². The molecule has 3 rings (SSSR count). The van der Waals surface area contributed by atoms with Gasteiger partial charge in [-0.3, -0.25) is 0 Å². The number of para-hydroxylation sites is 1. The number of hydrogen-bond donors (Lipinski definition) is 1. The van der Waals surface area contributed by atoms with Gasteiger partial charge in [-0.2, -0.15) is 0 Å². The fraction of sp³-hybridized carbons (Fsp3) is 0.0769. The Morgan fingerprint density at radius 3 is 2.87 bits per heavy atom. The molecule has 0 atom stereocenters. The van der Waals surface area contributed by atoms with Gasteiger partial charge in [-0.1, -0.05) is 18.2 Å². The maximum atomic E-state index is 3.08. The van der Waals surface area contributed by atoms with Crippen molar-refractivity contribution in [2.45, 2.75) is 6.54 Å². The van der Waals surface area contributed by atoms with Crippen LogP contribution in [0.3, 0.4) is 0 Å². The highest BCUT2D eigenvalue weighted by molar-refractivity contribution is 5.79. The molecule has 15 heavy (non-hydrogen) atoms. The number of nitrogens with zero attached hydrogens (tertiary/aromatic N) is 1. The largest absolute Gasteiger partial charge is 0.367 e. The predicted octanol–water partition coefficient (Wildman–Crippen LogP) is 3.02. The second kappa shape index (κ2) is 3.31. The van der Waals surface area contributed by atoms with Crippen LogP contribution in [-0.2, 0) is 6.54 Å². The highest BCUT2D eigenvalue weighted by Crippen LogP contribution is 2.16. The van der Waals surface area contributed by atoms with Gasteiger partial charge in [0.05, 0.1) is 0 Å². The van der Waals surface area contributed by atoms with Gasteiger partial charge >= 0.3 is 0 Å². The summed E-state index contributed by atoms with van der Waals surface area (Å²) in [4.78, 5) is 3.08. The van der Waals surface area contributed by atoms with Crippen molar-refractivity contribution in [2.24, 2.45) is 0 Å². The predicted molar refractivity (Wildman–Crippen MR) is 61.8 cm³/mol. The molecule has 2 heteroatoms. The number of aromatic amines is 1. The van der Waals surface area contributed by atoms with E-state index >= 15 is 0 Å². The van der Waals surface area contributed by atoms with E-state index < -0.39 is 0 Å². The highest BCUT2D eigenvalue weighted by Gasteiger charge is 2.00. The molecule has 3 aromatic rings. The van der Waals surface area contributed by atoms with E-state index in [4.69, 9.17) is 0 Å². The van der Waals surface area contributed by atoms with Gasteiger partial charge in [0.2, 0.25) is 0 Å². The standard InChI is InChI=1S/C13H12N2/c1-2-4-13-12(3-1)6-8-15(13)10-11-5-7-14-9-11/h1-9,14H,10H2. The van der Waals surface area contributed by atoms with E-state index in [0.717, 1.165) is 6.54 Å². The van der Waals surface area contributed by atoms with Crippen molar-refractivity contribution in [1.82, 2.24) is 9.55 Å². The van der Waals surface area contributed by atoms with Crippen molar-refractivity contribution in [1.29, 1.82) is 0 Å². The summed E-state index contributed by atoms with van der Waals surface area (Å²) in [6.07, 6.45) is 6.13. The van der Waals surface area contributed by atoms with Gasteiger partial charge < -0.3 is 9.55 Å². The van der Waals surface area contributed by atoms with E-state index in [1.165, 1.54) is 16.5 Å². The zero-order chi connectivity index (χ0) is 10.1. The summed E-state index contributed by atoms with van der Waals surface area (Å²) in [5.41, 5.74) is 2.59. The van der Waals surface area contributed by atoms with Crippen LogP contribution in [-0.4, -0.2) is 9.55 Å². The first kappa shape index (κ1) is 8.36. The molecule has 0 aliphatic carbocycles. The minimum absolute atomic E-state index is 0.928. The van der Waals surface area contributed by atoms with Crippen molar-refractivity contribution < 1.29 is 0 Å². The van der Waals surface area contributed by atoms with E-state index in [1.807, 2.05) is 12.4 Å². The van der Waals surface area contributed by atoms with Crippen LogP contribution in [0.2, 0.25) is 0 Å². The summed E-state index contributed by atoms with van der Waals surface area (Å²) in [5, 5.41) is 1.30. The van der Waals surface area contributed by atoms with E-state index in [-0.39, 0.29) is 0 Å². The number of nitrogens with one attached hydrogen (secondary N) is 1. The average Bonchev–Trinajstić information content (AvgIpc) is 2.89. The van der Waals surface area contributed by atoms with Crippen molar-refractivity contribution in [2.75, 3.05) is 0 Å². The van der Waals surface area contributed by atoms with Gasteiger partial charge in [0.25, 0.3) is 0 Å². The Balaban J connectivity index is 2.05. The normalized spacial score (nSPS) is 10.9. The van der Waals surface area contributed by atoms with Gasteiger partial charge in [0, 0.05) is 30.7 Å². The molecule has 2 heterocycles. The third-order valence-electron chi connectivity index (χ3n) is 2.70. The summed E-state index contributed by atoms with van der Waals surface area (Å²) in [6, 6.07) is 12.7. The first-order chi connectivity index (χ1) is 7.43. The number of H-pyrrole nitrogens is 1. The number of rotatable bonds is 2. The van der Waals surface area contributed by atoms with Crippen molar-refractivity contribution >= 4 is 10.9 Å². The van der Waals surface area contributed by atoms with E-state index in [2.05, 4.69) is 52.1 Å². The zero-order valence-electron chi connectivity index (χ0n) is 8.35. The van der Waals surface area contributed by atoms with Crippen LogP contribution in [0.1, 0.15) is 5.56 Å². The molecule has 0 fully saturated rings. The van der Waals surface area contributed by atoms with Gasteiger partial charge in [0.1, 0.15) is 0 Å². The van der Waals surface area contributed by atoms with Gasteiger partial charge in [-0.15, -0.1) is 0 Å².